The summed E-state index contributed by atoms with van der Waals surface area (Å²) in [6.45, 7) is 0. The van der Waals surface area contributed by atoms with Crippen LogP contribution in [0.1, 0.15) is 11.7 Å². The van der Waals surface area contributed by atoms with E-state index in [2.05, 4.69) is 0 Å². The normalized spacial score (nSPS) is 13.7. The maximum atomic E-state index is 10.7. The van der Waals surface area contributed by atoms with Gasteiger partial charge in [0.1, 0.15) is 23.7 Å². The first kappa shape index (κ1) is 15.6. The van der Waals surface area contributed by atoms with Crippen LogP contribution in [0.3, 0.4) is 0 Å². The van der Waals surface area contributed by atoms with E-state index in [1.54, 1.807) is 36.4 Å². The summed E-state index contributed by atoms with van der Waals surface area (Å²) < 4.78 is 5.65. The Morgan fingerprint density at radius 2 is 1.68 bits per heavy atom. The number of rotatable bonds is 6. The first-order chi connectivity index (χ1) is 10.6. The van der Waals surface area contributed by atoms with E-state index >= 15 is 0 Å². The molecule has 2 aromatic carbocycles. The number of phenols is 1. The zero-order chi connectivity index (χ0) is 15.9. The van der Waals surface area contributed by atoms with Crippen molar-refractivity contribution < 1.29 is 24.9 Å². The minimum atomic E-state index is -1.13. The molecule has 2 rings (SSSR count). The molecule has 22 heavy (non-hydrogen) atoms. The third kappa shape index (κ3) is 4.36. The van der Waals surface area contributed by atoms with Crippen LogP contribution in [0.4, 0.5) is 0 Å². The van der Waals surface area contributed by atoms with Crippen molar-refractivity contribution in [1.82, 2.24) is 0 Å². The lowest BCUT2D eigenvalue weighted by Gasteiger charge is -2.22. The van der Waals surface area contributed by atoms with Gasteiger partial charge in [-0.25, -0.2) is 4.79 Å². The third-order valence-corrected chi connectivity index (χ3v) is 2.99. The molecule has 0 amide bonds. The number of aliphatic hydroxyl groups is 1. The number of benzene rings is 2. The minimum absolute atomic E-state index is 0.0811. The maximum absolute atomic E-state index is 10.7. The second kappa shape index (κ2) is 7.28. The van der Waals surface area contributed by atoms with Crippen molar-refractivity contribution in [1.29, 1.82) is 0 Å². The first-order valence-corrected chi connectivity index (χ1v) is 6.66. The summed E-state index contributed by atoms with van der Waals surface area (Å²) in [5.74, 6) is -0.530. The zero-order valence-electron chi connectivity index (χ0n) is 11.7. The Bertz CT molecular complexity index is 634. The molecule has 0 aromatic heterocycles. The molecule has 2 aromatic rings. The highest BCUT2D eigenvalue weighted by Crippen LogP contribution is 2.24. The maximum Gasteiger partial charge on any atom is 0.328 e. The SMILES string of the molecule is O=C(O)/C=C/[C@H](Oc1ccccc1)[C@@H](O)c1ccc(O)cc1. The van der Waals surface area contributed by atoms with Gasteiger partial charge in [0.2, 0.25) is 0 Å². The summed E-state index contributed by atoms with van der Waals surface area (Å²) in [6.07, 6.45) is 0.267. The summed E-state index contributed by atoms with van der Waals surface area (Å²) in [5, 5.41) is 28.4. The summed E-state index contributed by atoms with van der Waals surface area (Å²) in [6, 6.07) is 14.8. The fraction of sp³-hybridized carbons (Fsp3) is 0.118. The number of carboxylic acid groups (broad SMARTS) is 1. The summed E-state index contributed by atoms with van der Waals surface area (Å²) in [4.78, 5) is 10.7. The second-order valence-corrected chi connectivity index (χ2v) is 4.63. The van der Waals surface area contributed by atoms with Crippen LogP contribution in [0.25, 0.3) is 0 Å². The largest absolute Gasteiger partial charge is 0.508 e. The van der Waals surface area contributed by atoms with Crippen molar-refractivity contribution in [2.45, 2.75) is 12.2 Å². The van der Waals surface area contributed by atoms with Gasteiger partial charge in [0.05, 0.1) is 0 Å². The van der Waals surface area contributed by atoms with Crippen LogP contribution in [0.5, 0.6) is 11.5 Å². The number of aromatic hydroxyl groups is 1. The molecule has 3 N–H and O–H groups in total. The molecular formula is C17H16O5. The molecule has 0 radical (unpaired) electrons. The molecule has 0 saturated heterocycles. The van der Waals surface area contributed by atoms with Crippen LogP contribution in [0, 0.1) is 0 Å². The van der Waals surface area contributed by atoms with Crippen molar-refractivity contribution in [3.63, 3.8) is 0 Å². The van der Waals surface area contributed by atoms with Crippen LogP contribution in [0.2, 0.25) is 0 Å². The predicted molar refractivity (Wildman–Crippen MR) is 80.7 cm³/mol. The van der Waals surface area contributed by atoms with Gasteiger partial charge in [0.15, 0.2) is 0 Å². The fourth-order valence-corrected chi connectivity index (χ4v) is 1.90. The number of phenolic OH excluding ortho intramolecular Hbond substituents is 1. The highest BCUT2D eigenvalue weighted by Gasteiger charge is 2.20. The quantitative estimate of drug-likeness (QED) is 0.714. The van der Waals surface area contributed by atoms with Crippen LogP contribution in [-0.2, 0) is 4.79 Å². The molecule has 0 unspecified atom stereocenters. The predicted octanol–water partition coefficient (Wildman–Crippen LogP) is 2.51. The minimum Gasteiger partial charge on any atom is -0.508 e. The van der Waals surface area contributed by atoms with Gasteiger partial charge in [-0.05, 0) is 35.9 Å². The molecule has 0 bridgehead atoms. The molecule has 5 heteroatoms. The lowest BCUT2D eigenvalue weighted by atomic mass is 10.0. The van der Waals surface area contributed by atoms with Crippen molar-refractivity contribution >= 4 is 5.97 Å². The molecule has 0 spiro atoms. The van der Waals surface area contributed by atoms with Gasteiger partial charge in [-0.15, -0.1) is 0 Å². The number of hydrogen-bond acceptors (Lipinski definition) is 4. The Hall–Kier alpha value is -2.79. The summed E-state index contributed by atoms with van der Waals surface area (Å²) in [7, 11) is 0. The monoisotopic (exact) mass is 300 g/mol. The van der Waals surface area contributed by atoms with Gasteiger partial charge >= 0.3 is 5.97 Å². The number of aliphatic hydroxyl groups excluding tert-OH is 1. The number of para-hydroxylation sites is 1. The number of carbonyl (C=O) groups is 1. The molecule has 114 valence electrons. The summed E-state index contributed by atoms with van der Waals surface area (Å²) in [5.41, 5.74) is 0.508. The highest BCUT2D eigenvalue weighted by molar-refractivity contribution is 5.79. The Morgan fingerprint density at radius 3 is 2.27 bits per heavy atom. The topological polar surface area (TPSA) is 87.0 Å². The Labute approximate surface area is 127 Å². The third-order valence-electron chi connectivity index (χ3n) is 2.99. The van der Waals surface area contributed by atoms with Gasteiger partial charge in [-0.3, -0.25) is 0 Å². The fourth-order valence-electron chi connectivity index (χ4n) is 1.90. The van der Waals surface area contributed by atoms with Crippen molar-refractivity contribution in [2.75, 3.05) is 0 Å². The molecule has 5 nitrogen and oxygen atoms in total. The smallest absolute Gasteiger partial charge is 0.328 e. The average Bonchev–Trinajstić information content (AvgIpc) is 2.52. The first-order valence-electron chi connectivity index (χ1n) is 6.66. The van der Waals surface area contributed by atoms with E-state index in [9.17, 15) is 15.0 Å². The van der Waals surface area contributed by atoms with Crippen LogP contribution in [0.15, 0.2) is 66.7 Å². The molecule has 0 aliphatic heterocycles. The van der Waals surface area contributed by atoms with Crippen LogP contribution >= 0.6 is 0 Å². The van der Waals surface area contributed by atoms with Gasteiger partial charge in [0, 0.05) is 6.08 Å². The molecular weight excluding hydrogens is 284 g/mol. The summed E-state index contributed by atoms with van der Waals surface area (Å²) >= 11 is 0. The van der Waals surface area contributed by atoms with E-state index in [1.807, 2.05) is 6.07 Å². The van der Waals surface area contributed by atoms with Crippen molar-refractivity contribution in [3.05, 3.63) is 72.3 Å². The van der Waals surface area contributed by atoms with Gasteiger partial charge in [-0.1, -0.05) is 30.3 Å². The molecule has 0 saturated carbocycles. The Balaban J connectivity index is 2.22. The average molecular weight is 300 g/mol. The van der Waals surface area contributed by atoms with E-state index < -0.39 is 18.2 Å². The van der Waals surface area contributed by atoms with E-state index in [1.165, 1.54) is 18.2 Å². The molecule has 0 aliphatic rings. The zero-order valence-corrected chi connectivity index (χ0v) is 11.7. The lowest BCUT2D eigenvalue weighted by molar-refractivity contribution is -0.131. The molecule has 2 atom stereocenters. The van der Waals surface area contributed by atoms with Gasteiger partial charge in [0.25, 0.3) is 0 Å². The standard InChI is InChI=1S/C17H16O5/c18-13-8-6-12(7-9-13)17(21)15(10-11-16(19)20)22-14-4-2-1-3-5-14/h1-11,15,17-18,21H,(H,19,20)/b11-10+/t15-,17-/m0/s1. The van der Waals surface area contributed by atoms with E-state index in [4.69, 9.17) is 9.84 Å². The van der Waals surface area contributed by atoms with Crippen LogP contribution in [-0.4, -0.2) is 27.4 Å². The number of ether oxygens (including phenoxy) is 1. The molecule has 0 heterocycles. The van der Waals surface area contributed by atoms with Crippen LogP contribution < -0.4 is 4.74 Å². The van der Waals surface area contributed by atoms with Gasteiger partial charge in [-0.2, -0.15) is 0 Å². The van der Waals surface area contributed by atoms with E-state index in [0.717, 1.165) is 6.08 Å². The van der Waals surface area contributed by atoms with Crippen molar-refractivity contribution in [3.8, 4) is 11.5 Å². The number of aliphatic carboxylic acids is 1. The second-order valence-electron chi connectivity index (χ2n) is 4.63. The highest BCUT2D eigenvalue weighted by atomic mass is 16.5. The number of hydrogen-bond donors (Lipinski definition) is 3. The van der Waals surface area contributed by atoms with E-state index in [-0.39, 0.29) is 5.75 Å². The van der Waals surface area contributed by atoms with E-state index in [0.29, 0.717) is 11.3 Å². The van der Waals surface area contributed by atoms with Crippen molar-refractivity contribution in [2.24, 2.45) is 0 Å². The Kier molecular flexibility index (Phi) is 5.16. The lowest BCUT2D eigenvalue weighted by Crippen LogP contribution is -2.23. The van der Waals surface area contributed by atoms with Gasteiger partial charge < -0.3 is 20.1 Å². The molecule has 0 fully saturated rings. The molecule has 0 aliphatic carbocycles. The number of carboxylic acids is 1. The Morgan fingerprint density at radius 1 is 1.05 bits per heavy atom.